The first-order valence-corrected chi connectivity index (χ1v) is 12.0. The summed E-state index contributed by atoms with van der Waals surface area (Å²) in [5.74, 6) is 1.56. The lowest BCUT2D eigenvalue weighted by molar-refractivity contribution is -0.143. The van der Waals surface area contributed by atoms with E-state index in [1.165, 1.54) is 32.1 Å². The molecule has 1 aromatic carbocycles. The molecule has 1 aromatic rings. The highest BCUT2D eigenvalue weighted by Crippen LogP contribution is 2.33. The number of amides is 2. The number of carbonyl (C=O) groups is 2. The van der Waals surface area contributed by atoms with Gasteiger partial charge in [-0.1, -0.05) is 61.9 Å². The van der Waals surface area contributed by atoms with Gasteiger partial charge >= 0.3 is 0 Å². The summed E-state index contributed by atoms with van der Waals surface area (Å²) < 4.78 is 0. The number of rotatable bonds is 5. The van der Waals surface area contributed by atoms with Crippen molar-refractivity contribution in [2.45, 2.75) is 63.8 Å². The van der Waals surface area contributed by atoms with Gasteiger partial charge in [0.2, 0.25) is 11.8 Å². The summed E-state index contributed by atoms with van der Waals surface area (Å²) in [7, 11) is 0. The van der Waals surface area contributed by atoms with Crippen molar-refractivity contribution in [2.75, 3.05) is 19.6 Å². The van der Waals surface area contributed by atoms with Crippen molar-refractivity contribution in [1.29, 1.82) is 0 Å². The number of hydrogen-bond donors (Lipinski definition) is 0. The van der Waals surface area contributed by atoms with Crippen molar-refractivity contribution >= 4 is 29.5 Å². The van der Waals surface area contributed by atoms with E-state index in [1.54, 1.807) is 12.2 Å². The highest BCUT2D eigenvalue weighted by molar-refractivity contribution is 6.32. The molecule has 4 nitrogen and oxygen atoms in total. The Labute approximate surface area is 185 Å². The predicted octanol–water partition coefficient (Wildman–Crippen LogP) is 5.16. The second-order valence-electron chi connectivity index (χ2n) is 9.17. The summed E-state index contributed by atoms with van der Waals surface area (Å²) in [5.41, 5.74) is 0.861. The Morgan fingerprint density at radius 1 is 1.10 bits per heavy atom. The molecule has 3 aliphatic rings. The first-order valence-electron chi connectivity index (χ1n) is 11.6. The van der Waals surface area contributed by atoms with Gasteiger partial charge in [-0.2, -0.15) is 0 Å². The van der Waals surface area contributed by atoms with E-state index in [-0.39, 0.29) is 5.91 Å². The Bertz CT molecular complexity index is 787. The lowest BCUT2D eigenvalue weighted by Crippen LogP contribution is -2.57. The lowest BCUT2D eigenvalue weighted by atomic mass is 9.82. The molecule has 0 aromatic heterocycles. The number of hydrogen-bond acceptors (Lipinski definition) is 2. The van der Waals surface area contributed by atoms with Crippen LogP contribution in [0.15, 0.2) is 30.3 Å². The molecule has 2 atom stereocenters. The lowest BCUT2D eigenvalue weighted by Gasteiger charge is -2.47. The Kier molecular flexibility index (Phi) is 7.14. The van der Waals surface area contributed by atoms with E-state index < -0.39 is 0 Å². The summed E-state index contributed by atoms with van der Waals surface area (Å²) >= 11 is 6.19. The number of fused-ring (bicyclic) bond motifs is 1. The highest BCUT2D eigenvalue weighted by Gasteiger charge is 2.40. The number of piperidine rings is 2. The normalized spacial score (nSPS) is 25.6. The zero-order chi connectivity index (χ0) is 20.9. The highest BCUT2D eigenvalue weighted by atomic mass is 35.5. The number of nitrogens with zero attached hydrogens (tertiary/aromatic N) is 2. The quantitative estimate of drug-likeness (QED) is 0.607. The van der Waals surface area contributed by atoms with Crippen LogP contribution >= 0.6 is 11.6 Å². The van der Waals surface area contributed by atoms with E-state index in [4.69, 9.17) is 11.6 Å². The number of likely N-dealkylation sites (tertiary alicyclic amines) is 2. The van der Waals surface area contributed by atoms with Crippen LogP contribution in [0.5, 0.6) is 0 Å². The maximum Gasteiger partial charge on any atom is 0.246 e. The van der Waals surface area contributed by atoms with Gasteiger partial charge in [-0.15, -0.1) is 0 Å². The smallest absolute Gasteiger partial charge is 0.246 e. The second-order valence-corrected chi connectivity index (χ2v) is 9.58. The monoisotopic (exact) mass is 428 g/mol. The van der Waals surface area contributed by atoms with Gasteiger partial charge in [-0.25, -0.2) is 0 Å². The number of halogens is 1. The van der Waals surface area contributed by atoms with Crippen LogP contribution in [0.25, 0.3) is 6.08 Å². The van der Waals surface area contributed by atoms with Crippen molar-refractivity contribution in [3.63, 3.8) is 0 Å². The van der Waals surface area contributed by atoms with Crippen LogP contribution in [0.1, 0.15) is 63.4 Å². The van der Waals surface area contributed by atoms with Crippen LogP contribution in [-0.4, -0.2) is 47.3 Å². The minimum absolute atomic E-state index is 0.0408. The fourth-order valence-electron chi connectivity index (χ4n) is 5.52. The van der Waals surface area contributed by atoms with Crippen LogP contribution in [-0.2, 0) is 9.59 Å². The third-order valence-corrected chi connectivity index (χ3v) is 7.61. The van der Waals surface area contributed by atoms with Crippen LogP contribution in [0, 0.1) is 11.8 Å². The van der Waals surface area contributed by atoms with Gasteiger partial charge in [0, 0.05) is 43.2 Å². The summed E-state index contributed by atoms with van der Waals surface area (Å²) in [4.78, 5) is 29.5. The molecule has 2 aliphatic heterocycles. The minimum atomic E-state index is 0.0408. The van der Waals surface area contributed by atoms with E-state index in [2.05, 4.69) is 4.90 Å². The van der Waals surface area contributed by atoms with E-state index in [0.29, 0.717) is 29.3 Å². The maximum atomic E-state index is 12.8. The molecule has 5 heteroatoms. The topological polar surface area (TPSA) is 40.6 Å². The first kappa shape index (κ1) is 21.4. The number of carbonyl (C=O) groups excluding carboxylic acids is 2. The van der Waals surface area contributed by atoms with Gasteiger partial charge < -0.3 is 9.80 Å². The minimum Gasteiger partial charge on any atom is -0.339 e. The maximum absolute atomic E-state index is 12.8. The van der Waals surface area contributed by atoms with Gasteiger partial charge in [0.05, 0.1) is 0 Å². The van der Waals surface area contributed by atoms with Crippen LogP contribution < -0.4 is 0 Å². The van der Waals surface area contributed by atoms with Gasteiger partial charge in [0.1, 0.15) is 0 Å². The zero-order valence-electron chi connectivity index (χ0n) is 17.8. The summed E-state index contributed by atoms with van der Waals surface area (Å²) in [6.07, 6.45) is 13.8. The van der Waals surface area contributed by atoms with Crippen molar-refractivity contribution in [3.8, 4) is 0 Å². The Morgan fingerprint density at radius 3 is 2.70 bits per heavy atom. The molecule has 4 rings (SSSR count). The van der Waals surface area contributed by atoms with Crippen molar-refractivity contribution in [2.24, 2.45) is 11.8 Å². The zero-order valence-corrected chi connectivity index (χ0v) is 18.5. The van der Waals surface area contributed by atoms with Crippen LogP contribution in [0.2, 0.25) is 5.02 Å². The molecule has 3 fully saturated rings. The van der Waals surface area contributed by atoms with E-state index in [0.717, 1.165) is 50.4 Å². The standard InChI is InChI=1S/C25H33ClN2O2/c26-22-9-5-4-8-20(22)10-12-24(29)27-16-15-23-21(18-27)11-13-25(30)28(23)17-14-19-6-2-1-3-7-19/h4-5,8-10,12,19,21,23H,1-3,6-7,11,13-18H2/b12-10+/t21-,23+/m1/s1. The SMILES string of the molecule is O=C(/C=C/c1ccccc1Cl)N1CC[C@H]2[C@H](CCC(=O)N2CCC2CCCCC2)C1. The van der Waals surface area contributed by atoms with Crippen LogP contribution in [0.3, 0.4) is 0 Å². The molecule has 2 amide bonds. The van der Waals surface area contributed by atoms with Gasteiger partial charge in [0.25, 0.3) is 0 Å². The van der Waals surface area contributed by atoms with Crippen molar-refractivity contribution < 1.29 is 9.59 Å². The van der Waals surface area contributed by atoms with E-state index >= 15 is 0 Å². The second kappa shape index (κ2) is 10.00. The molecule has 0 bridgehead atoms. The molecule has 0 unspecified atom stereocenters. The summed E-state index contributed by atoms with van der Waals surface area (Å²) in [6.45, 7) is 2.38. The Hall–Kier alpha value is -1.81. The molecular formula is C25H33ClN2O2. The van der Waals surface area contributed by atoms with E-state index in [1.807, 2.05) is 29.2 Å². The number of benzene rings is 1. The molecule has 30 heavy (non-hydrogen) atoms. The van der Waals surface area contributed by atoms with Gasteiger partial charge in [0.15, 0.2) is 0 Å². The fraction of sp³-hybridized carbons (Fsp3) is 0.600. The average Bonchev–Trinajstić information content (AvgIpc) is 2.78. The third kappa shape index (κ3) is 5.08. The summed E-state index contributed by atoms with van der Waals surface area (Å²) in [5, 5.41) is 0.652. The molecule has 0 N–H and O–H groups in total. The van der Waals surface area contributed by atoms with Gasteiger partial charge in [-0.05, 0) is 48.8 Å². The molecule has 1 aliphatic carbocycles. The van der Waals surface area contributed by atoms with Crippen molar-refractivity contribution in [3.05, 3.63) is 40.9 Å². The summed E-state index contributed by atoms with van der Waals surface area (Å²) in [6, 6.07) is 7.86. The Balaban J connectivity index is 1.33. The first-order chi connectivity index (χ1) is 14.6. The molecule has 0 spiro atoms. The van der Waals surface area contributed by atoms with Crippen LogP contribution in [0.4, 0.5) is 0 Å². The molecule has 2 heterocycles. The molecular weight excluding hydrogens is 396 g/mol. The average molecular weight is 429 g/mol. The third-order valence-electron chi connectivity index (χ3n) is 7.27. The largest absolute Gasteiger partial charge is 0.339 e. The Morgan fingerprint density at radius 2 is 1.90 bits per heavy atom. The molecule has 1 saturated carbocycles. The van der Waals surface area contributed by atoms with E-state index in [9.17, 15) is 9.59 Å². The van der Waals surface area contributed by atoms with Gasteiger partial charge in [-0.3, -0.25) is 9.59 Å². The molecule has 162 valence electrons. The fourth-order valence-corrected chi connectivity index (χ4v) is 5.71. The molecule has 2 saturated heterocycles. The predicted molar refractivity (Wildman–Crippen MR) is 121 cm³/mol. The van der Waals surface area contributed by atoms with Crippen molar-refractivity contribution in [1.82, 2.24) is 9.80 Å². The molecule has 0 radical (unpaired) electrons.